The molecule has 0 radical (unpaired) electrons. The van der Waals surface area contributed by atoms with Gasteiger partial charge in [0.25, 0.3) is 5.91 Å². The van der Waals surface area contributed by atoms with Gasteiger partial charge in [-0.3, -0.25) is 14.8 Å². The molecule has 138 valence electrons. The van der Waals surface area contributed by atoms with Gasteiger partial charge < -0.3 is 15.2 Å². The Morgan fingerprint density at radius 3 is 3.11 bits per heavy atom. The lowest BCUT2D eigenvalue weighted by atomic mass is 10.1. The van der Waals surface area contributed by atoms with E-state index >= 15 is 0 Å². The molecular formula is C19H21N7O. The molecule has 1 aromatic carbocycles. The van der Waals surface area contributed by atoms with Gasteiger partial charge in [0.2, 0.25) is 5.95 Å². The highest BCUT2D eigenvalue weighted by Crippen LogP contribution is 2.29. The molecule has 0 aliphatic carbocycles. The third-order valence-electron chi connectivity index (χ3n) is 5.22. The molecule has 2 aliphatic heterocycles. The number of nitrogens with zero attached hydrogens (tertiary/aromatic N) is 4. The van der Waals surface area contributed by atoms with Crippen molar-refractivity contribution in [2.45, 2.75) is 25.4 Å². The van der Waals surface area contributed by atoms with E-state index in [4.69, 9.17) is 0 Å². The summed E-state index contributed by atoms with van der Waals surface area (Å²) in [5, 5.41) is 10.4. The van der Waals surface area contributed by atoms with E-state index in [1.807, 2.05) is 43.8 Å². The van der Waals surface area contributed by atoms with E-state index in [9.17, 15) is 4.79 Å². The predicted molar refractivity (Wildman–Crippen MR) is 102 cm³/mol. The molecule has 8 nitrogen and oxygen atoms in total. The van der Waals surface area contributed by atoms with Gasteiger partial charge in [-0.15, -0.1) is 0 Å². The number of fused-ring (bicyclic) bond motifs is 2. The highest BCUT2D eigenvalue weighted by atomic mass is 16.2. The number of piperidine rings is 1. The Bertz CT molecular complexity index is 1050. The molecule has 2 aliphatic rings. The summed E-state index contributed by atoms with van der Waals surface area (Å²) in [4.78, 5) is 22.7. The lowest BCUT2D eigenvalue weighted by molar-refractivity contribution is -0.114. The fourth-order valence-electron chi connectivity index (χ4n) is 3.90. The highest BCUT2D eigenvalue weighted by molar-refractivity contribution is 6.04. The number of H-pyrrole nitrogens is 1. The largest absolute Gasteiger partial charge is 0.369 e. The topological polar surface area (TPSA) is 90.9 Å². The lowest BCUT2D eigenvalue weighted by Gasteiger charge is -2.32. The fourth-order valence-corrected chi connectivity index (χ4v) is 3.90. The van der Waals surface area contributed by atoms with Crippen molar-refractivity contribution in [2.75, 3.05) is 11.9 Å². The van der Waals surface area contributed by atoms with Crippen LogP contribution in [0.3, 0.4) is 0 Å². The van der Waals surface area contributed by atoms with Gasteiger partial charge in [-0.05, 0) is 25.3 Å². The van der Waals surface area contributed by atoms with Gasteiger partial charge >= 0.3 is 0 Å². The zero-order valence-corrected chi connectivity index (χ0v) is 15.1. The first-order valence-corrected chi connectivity index (χ1v) is 9.21. The zero-order valence-electron chi connectivity index (χ0n) is 15.1. The summed E-state index contributed by atoms with van der Waals surface area (Å²) in [5.41, 5.74) is 4.34. The summed E-state index contributed by atoms with van der Waals surface area (Å²) >= 11 is 0. The number of amides is 1. The molecule has 5 rings (SSSR count). The van der Waals surface area contributed by atoms with Crippen LogP contribution < -0.4 is 10.6 Å². The van der Waals surface area contributed by atoms with Crippen molar-refractivity contribution in [3.05, 3.63) is 42.5 Å². The summed E-state index contributed by atoms with van der Waals surface area (Å²) in [7, 11) is 1.89. The van der Waals surface area contributed by atoms with Gasteiger partial charge in [0.1, 0.15) is 5.70 Å². The van der Waals surface area contributed by atoms with E-state index in [-0.39, 0.29) is 12.1 Å². The molecule has 0 spiro atoms. The Labute approximate surface area is 156 Å². The molecule has 1 unspecified atom stereocenters. The van der Waals surface area contributed by atoms with Crippen LogP contribution in [0.2, 0.25) is 0 Å². The summed E-state index contributed by atoms with van der Waals surface area (Å²) in [6.07, 6.45) is 9.19. The van der Waals surface area contributed by atoms with Gasteiger partial charge in [0, 0.05) is 37.1 Å². The molecule has 2 aromatic heterocycles. The second-order valence-corrected chi connectivity index (χ2v) is 7.05. The van der Waals surface area contributed by atoms with Crippen LogP contribution >= 0.6 is 0 Å². The van der Waals surface area contributed by atoms with Crippen molar-refractivity contribution >= 4 is 22.9 Å². The molecule has 0 bridgehead atoms. The normalized spacial score (nSPS) is 18.9. The molecule has 1 atom stereocenters. The molecule has 1 saturated heterocycles. The SMILES string of the molecule is Cn1cc(-c2cccc3[nH]c(NC(=O)C4=CNC5CCCCN45)nc23)cn1. The van der Waals surface area contributed by atoms with E-state index in [1.165, 1.54) is 6.42 Å². The molecule has 1 fully saturated rings. The lowest BCUT2D eigenvalue weighted by Crippen LogP contribution is -2.42. The van der Waals surface area contributed by atoms with Crippen LogP contribution in [0.25, 0.3) is 22.2 Å². The minimum Gasteiger partial charge on any atom is -0.369 e. The Morgan fingerprint density at radius 2 is 2.26 bits per heavy atom. The van der Waals surface area contributed by atoms with Crippen molar-refractivity contribution in [3.8, 4) is 11.1 Å². The van der Waals surface area contributed by atoms with Gasteiger partial charge in [-0.2, -0.15) is 5.10 Å². The average molecular weight is 363 g/mol. The van der Waals surface area contributed by atoms with E-state index < -0.39 is 0 Å². The van der Waals surface area contributed by atoms with Crippen molar-refractivity contribution in [1.82, 2.24) is 30.0 Å². The third-order valence-corrected chi connectivity index (χ3v) is 5.22. The number of aromatic nitrogens is 4. The van der Waals surface area contributed by atoms with E-state index in [0.717, 1.165) is 41.5 Å². The fraction of sp³-hybridized carbons (Fsp3) is 0.316. The standard InChI is InChI=1S/C19H21N7O/c1-25-11-12(9-21-25)13-5-4-6-14-17(13)23-19(22-14)24-18(27)15-10-20-16-7-2-3-8-26(15)16/h4-6,9-11,16,20H,2-3,7-8H2,1H3,(H2,22,23,24,27). The number of aryl methyl sites for hydroxylation is 1. The number of carbonyl (C=O) groups is 1. The first-order valence-electron chi connectivity index (χ1n) is 9.21. The summed E-state index contributed by atoms with van der Waals surface area (Å²) in [6.45, 7) is 0.905. The molecule has 27 heavy (non-hydrogen) atoms. The number of imidazole rings is 1. The maximum absolute atomic E-state index is 12.8. The number of rotatable bonds is 3. The second kappa shape index (κ2) is 6.15. The maximum Gasteiger partial charge on any atom is 0.275 e. The van der Waals surface area contributed by atoms with E-state index in [0.29, 0.717) is 11.6 Å². The van der Waals surface area contributed by atoms with Crippen LogP contribution in [0.4, 0.5) is 5.95 Å². The number of para-hydroxylation sites is 1. The third kappa shape index (κ3) is 2.73. The van der Waals surface area contributed by atoms with Crippen molar-refractivity contribution in [3.63, 3.8) is 0 Å². The quantitative estimate of drug-likeness (QED) is 0.663. The van der Waals surface area contributed by atoms with Crippen molar-refractivity contribution in [1.29, 1.82) is 0 Å². The Morgan fingerprint density at radius 1 is 1.33 bits per heavy atom. The van der Waals surface area contributed by atoms with Crippen LogP contribution in [0.1, 0.15) is 19.3 Å². The molecule has 3 aromatic rings. The van der Waals surface area contributed by atoms with Crippen LogP contribution in [0.5, 0.6) is 0 Å². The molecule has 3 N–H and O–H groups in total. The second-order valence-electron chi connectivity index (χ2n) is 7.05. The monoisotopic (exact) mass is 363 g/mol. The number of hydrogen-bond donors (Lipinski definition) is 3. The predicted octanol–water partition coefficient (Wildman–Crippen LogP) is 2.16. The van der Waals surface area contributed by atoms with Gasteiger partial charge in [-0.1, -0.05) is 12.1 Å². The van der Waals surface area contributed by atoms with E-state index in [1.54, 1.807) is 4.68 Å². The average Bonchev–Trinajstić information content (AvgIpc) is 3.38. The zero-order chi connectivity index (χ0) is 18.4. The molecule has 4 heterocycles. The van der Waals surface area contributed by atoms with Crippen molar-refractivity contribution < 1.29 is 4.79 Å². The molecular weight excluding hydrogens is 342 g/mol. The van der Waals surface area contributed by atoms with Crippen LogP contribution in [0.15, 0.2) is 42.5 Å². The van der Waals surface area contributed by atoms with E-state index in [2.05, 4.69) is 30.6 Å². The van der Waals surface area contributed by atoms with Gasteiger partial charge in [0.05, 0.1) is 23.4 Å². The minimum absolute atomic E-state index is 0.145. The van der Waals surface area contributed by atoms with Crippen LogP contribution in [-0.4, -0.2) is 43.3 Å². The summed E-state index contributed by atoms with van der Waals surface area (Å²) in [5.74, 6) is 0.307. The first-order chi connectivity index (χ1) is 13.2. The minimum atomic E-state index is -0.145. The van der Waals surface area contributed by atoms with Gasteiger partial charge in [-0.25, -0.2) is 4.98 Å². The van der Waals surface area contributed by atoms with Crippen LogP contribution in [-0.2, 0) is 11.8 Å². The molecule has 8 heteroatoms. The number of anilines is 1. The van der Waals surface area contributed by atoms with Crippen LogP contribution in [0, 0.1) is 0 Å². The Balaban J connectivity index is 1.42. The number of carbonyl (C=O) groups excluding carboxylic acids is 1. The summed E-state index contributed by atoms with van der Waals surface area (Å²) in [6, 6.07) is 5.93. The Kier molecular flexibility index (Phi) is 3.63. The van der Waals surface area contributed by atoms with Crippen molar-refractivity contribution in [2.24, 2.45) is 7.05 Å². The maximum atomic E-state index is 12.8. The number of benzene rings is 1. The number of nitrogens with one attached hydrogen (secondary N) is 3. The smallest absolute Gasteiger partial charge is 0.275 e. The Hall–Kier alpha value is -3.29. The number of hydrogen-bond acceptors (Lipinski definition) is 5. The molecule has 1 amide bonds. The highest BCUT2D eigenvalue weighted by Gasteiger charge is 2.32. The number of aromatic amines is 1. The first kappa shape index (κ1) is 15.9. The summed E-state index contributed by atoms with van der Waals surface area (Å²) < 4.78 is 1.76. The molecule has 0 saturated carbocycles. The van der Waals surface area contributed by atoms with Gasteiger partial charge in [0.15, 0.2) is 0 Å².